The Hall–Kier alpha value is -2.12. The summed E-state index contributed by atoms with van der Waals surface area (Å²) in [5.74, 6) is -0.536. The number of benzene rings is 1. The summed E-state index contributed by atoms with van der Waals surface area (Å²) in [4.78, 5) is 16.0. The van der Waals surface area contributed by atoms with E-state index in [1.807, 2.05) is 0 Å². The molecule has 0 aliphatic rings. The minimum atomic E-state index is -0.424. The molecular formula is C13H10BrClN4O2. The first kappa shape index (κ1) is 15.3. The Morgan fingerprint density at radius 2 is 2.14 bits per heavy atom. The van der Waals surface area contributed by atoms with Gasteiger partial charge in [-0.1, -0.05) is 32.7 Å². The third-order valence-corrected chi connectivity index (χ3v) is 3.43. The summed E-state index contributed by atoms with van der Waals surface area (Å²) < 4.78 is 0.730. The van der Waals surface area contributed by atoms with Crippen LogP contribution in [0.25, 0.3) is 0 Å². The largest absolute Gasteiger partial charge is 0.409 e. The smallest absolute Gasteiger partial charge is 0.257 e. The molecule has 0 aliphatic carbocycles. The van der Waals surface area contributed by atoms with E-state index < -0.39 is 5.91 Å². The lowest BCUT2D eigenvalue weighted by Crippen LogP contribution is -2.19. The number of amides is 1. The van der Waals surface area contributed by atoms with Crippen molar-refractivity contribution in [2.45, 2.75) is 0 Å². The van der Waals surface area contributed by atoms with Gasteiger partial charge in [0.15, 0.2) is 5.84 Å². The summed E-state index contributed by atoms with van der Waals surface area (Å²) >= 11 is 9.22. The molecule has 0 radical (unpaired) electrons. The summed E-state index contributed by atoms with van der Waals surface area (Å²) in [6.45, 7) is 0. The molecule has 0 saturated heterocycles. The summed E-state index contributed by atoms with van der Waals surface area (Å²) in [6, 6.07) is 6.46. The molecule has 6 nitrogen and oxygen atoms in total. The molecule has 21 heavy (non-hydrogen) atoms. The zero-order valence-electron chi connectivity index (χ0n) is 10.5. The molecule has 0 bridgehead atoms. The average molecular weight is 370 g/mol. The Morgan fingerprint density at radius 1 is 1.38 bits per heavy atom. The van der Waals surface area contributed by atoms with E-state index in [0.717, 1.165) is 4.47 Å². The number of amidine groups is 1. The van der Waals surface area contributed by atoms with Crippen LogP contribution in [-0.2, 0) is 0 Å². The zero-order chi connectivity index (χ0) is 15.4. The van der Waals surface area contributed by atoms with Gasteiger partial charge in [-0.15, -0.1) is 0 Å². The molecule has 1 amide bonds. The summed E-state index contributed by atoms with van der Waals surface area (Å²) in [6.07, 6.45) is 2.84. The average Bonchev–Trinajstić information content (AvgIpc) is 2.47. The number of anilines is 1. The fourth-order valence-electron chi connectivity index (χ4n) is 1.65. The number of oxime groups is 1. The zero-order valence-corrected chi connectivity index (χ0v) is 12.9. The standard InChI is InChI=1S/C13H10BrClN4O2/c14-7-1-2-9(12(16)19-21)11(5-7)18-13(20)8-3-4-17-6-10(8)15/h1-6,21H,(H2,16,19)(H,18,20). The van der Waals surface area contributed by atoms with Gasteiger partial charge < -0.3 is 16.3 Å². The van der Waals surface area contributed by atoms with E-state index >= 15 is 0 Å². The van der Waals surface area contributed by atoms with Crippen molar-refractivity contribution in [1.29, 1.82) is 0 Å². The number of nitrogens with two attached hydrogens (primary N) is 1. The Bertz CT molecular complexity index is 721. The molecule has 4 N–H and O–H groups in total. The van der Waals surface area contributed by atoms with Crippen LogP contribution in [0, 0.1) is 0 Å². The van der Waals surface area contributed by atoms with Crippen LogP contribution in [0.5, 0.6) is 0 Å². The van der Waals surface area contributed by atoms with Crippen LogP contribution < -0.4 is 11.1 Å². The van der Waals surface area contributed by atoms with Crippen molar-refractivity contribution >= 4 is 45.0 Å². The molecule has 1 aromatic heterocycles. The van der Waals surface area contributed by atoms with Crippen LogP contribution >= 0.6 is 27.5 Å². The van der Waals surface area contributed by atoms with E-state index in [0.29, 0.717) is 11.3 Å². The third kappa shape index (κ3) is 3.50. The second-order valence-electron chi connectivity index (χ2n) is 3.98. The number of nitrogens with zero attached hydrogens (tertiary/aromatic N) is 2. The molecule has 2 aromatic rings. The maximum Gasteiger partial charge on any atom is 0.257 e. The lowest BCUT2D eigenvalue weighted by molar-refractivity contribution is 0.102. The van der Waals surface area contributed by atoms with Gasteiger partial charge >= 0.3 is 0 Å². The van der Waals surface area contributed by atoms with Gasteiger partial charge in [-0.25, -0.2) is 0 Å². The molecule has 0 unspecified atom stereocenters. The van der Waals surface area contributed by atoms with Crippen LogP contribution in [0.2, 0.25) is 5.02 Å². The highest BCUT2D eigenvalue weighted by molar-refractivity contribution is 9.10. The molecule has 0 atom stereocenters. The van der Waals surface area contributed by atoms with Crippen LogP contribution in [0.15, 0.2) is 46.3 Å². The first-order valence-corrected chi connectivity index (χ1v) is 6.88. The van der Waals surface area contributed by atoms with Crippen molar-refractivity contribution < 1.29 is 10.0 Å². The normalized spacial score (nSPS) is 11.2. The monoisotopic (exact) mass is 368 g/mol. The van der Waals surface area contributed by atoms with Crippen LogP contribution in [0.3, 0.4) is 0 Å². The molecule has 0 spiro atoms. The van der Waals surface area contributed by atoms with Gasteiger partial charge in [0.1, 0.15) is 0 Å². The van der Waals surface area contributed by atoms with Crippen molar-refractivity contribution in [2.75, 3.05) is 5.32 Å². The maximum absolute atomic E-state index is 12.2. The van der Waals surface area contributed by atoms with Crippen molar-refractivity contribution in [2.24, 2.45) is 10.9 Å². The van der Waals surface area contributed by atoms with E-state index in [1.165, 1.54) is 18.5 Å². The molecule has 1 heterocycles. The number of nitrogens with one attached hydrogen (secondary N) is 1. The van der Waals surface area contributed by atoms with Gasteiger partial charge in [0.25, 0.3) is 5.91 Å². The Labute approximate surface area is 133 Å². The maximum atomic E-state index is 12.2. The van der Waals surface area contributed by atoms with Crippen LogP contribution in [-0.4, -0.2) is 21.9 Å². The highest BCUT2D eigenvalue weighted by atomic mass is 79.9. The quantitative estimate of drug-likeness (QED) is 0.335. The Balaban J connectivity index is 2.37. The van der Waals surface area contributed by atoms with E-state index in [-0.39, 0.29) is 16.4 Å². The fraction of sp³-hybridized carbons (Fsp3) is 0. The van der Waals surface area contributed by atoms with E-state index in [4.69, 9.17) is 22.5 Å². The molecular weight excluding hydrogens is 360 g/mol. The minimum Gasteiger partial charge on any atom is -0.409 e. The minimum absolute atomic E-state index is 0.112. The molecule has 8 heteroatoms. The van der Waals surface area contributed by atoms with Crippen molar-refractivity contribution in [3.05, 3.63) is 57.3 Å². The molecule has 108 valence electrons. The van der Waals surface area contributed by atoms with Crippen molar-refractivity contribution in [1.82, 2.24) is 4.98 Å². The van der Waals surface area contributed by atoms with Gasteiger partial charge in [0.05, 0.1) is 16.3 Å². The number of carbonyl (C=O) groups excluding carboxylic acids is 1. The van der Waals surface area contributed by atoms with Gasteiger partial charge in [0, 0.05) is 22.4 Å². The number of halogens is 2. The first-order valence-electron chi connectivity index (χ1n) is 5.71. The Morgan fingerprint density at radius 3 is 2.81 bits per heavy atom. The van der Waals surface area contributed by atoms with E-state index in [9.17, 15) is 4.79 Å². The number of carbonyl (C=O) groups is 1. The number of hydrogen-bond acceptors (Lipinski definition) is 4. The first-order chi connectivity index (χ1) is 10.0. The number of aromatic nitrogens is 1. The molecule has 0 aliphatic heterocycles. The van der Waals surface area contributed by atoms with Crippen molar-refractivity contribution in [3.8, 4) is 0 Å². The lowest BCUT2D eigenvalue weighted by atomic mass is 10.1. The van der Waals surface area contributed by atoms with Gasteiger partial charge in [0.2, 0.25) is 0 Å². The fourth-order valence-corrected chi connectivity index (χ4v) is 2.21. The number of hydrogen-bond donors (Lipinski definition) is 3. The lowest BCUT2D eigenvalue weighted by Gasteiger charge is -2.11. The Kier molecular flexibility index (Phi) is 4.77. The summed E-state index contributed by atoms with van der Waals surface area (Å²) in [7, 11) is 0. The summed E-state index contributed by atoms with van der Waals surface area (Å²) in [5.41, 5.74) is 6.64. The van der Waals surface area contributed by atoms with Gasteiger partial charge in [-0.05, 0) is 24.3 Å². The molecule has 1 aromatic carbocycles. The predicted octanol–water partition coefficient (Wildman–Crippen LogP) is 2.84. The topological polar surface area (TPSA) is 101 Å². The van der Waals surface area contributed by atoms with Gasteiger partial charge in [-0.3, -0.25) is 9.78 Å². The van der Waals surface area contributed by atoms with Crippen LogP contribution in [0.4, 0.5) is 5.69 Å². The van der Waals surface area contributed by atoms with E-state index in [2.05, 4.69) is 31.4 Å². The molecule has 0 saturated carbocycles. The highest BCUT2D eigenvalue weighted by Gasteiger charge is 2.14. The summed E-state index contributed by atoms with van der Waals surface area (Å²) in [5, 5.41) is 14.6. The predicted molar refractivity (Wildman–Crippen MR) is 83.9 cm³/mol. The SMILES string of the molecule is N/C(=N/O)c1ccc(Br)cc1NC(=O)c1ccncc1Cl. The number of pyridine rings is 1. The van der Waals surface area contributed by atoms with Gasteiger partial charge in [-0.2, -0.15) is 0 Å². The van der Waals surface area contributed by atoms with E-state index in [1.54, 1.807) is 18.2 Å². The third-order valence-electron chi connectivity index (χ3n) is 2.63. The van der Waals surface area contributed by atoms with Crippen LogP contribution in [0.1, 0.15) is 15.9 Å². The molecule has 2 rings (SSSR count). The second-order valence-corrected chi connectivity index (χ2v) is 5.31. The second kappa shape index (κ2) is 6.55. The number of rotatable bonds is 3. The van der Waals surface area contributed by atoms with Crippen molar-refractivity contribution in [3.63, 3.8) is 0 Å². The molecule has 0 fully saturated rings. The highest BCUT2D eigenvalue weighted by Crippen LogP contribution is 2.23.